The second-order valence-electron chi connectivity index (χ2n) is 9.08. The largest absolute Gasteiger partial charge is 0.481 e. The number of carbonyl (C=O) groups is 2. The first kappa shape index (κ1) is 25.9. The van der Waals surface area contributed by atoms with Gasteiger partial charge in [-0.15, -0.1) is 10.2 Å². The monoisotopic (exact) mass is 510 g/mol. The van der Waals surface area contributed by atoms with E-state index in [0.717, 1.165) is 44.5 Å². The summed E-state index contributed by atoms with van der Waals surface area (Å²) < 4.78 is 14.3. The second kappa shape index (κ2) is 12.2. The molecule has 190 valence electrons. The van der Waals surface area contributed by atoms with Crippen molar-refractivity contribution in [2.75, 3.05) is 31.1 Å². The molecule has 7 nitrogen and oxygen atoms in total. The fourth-order valence-corrected chi connectivity index (χ4v) is 5.20. The highest BCUT2D eigenvalue weighted by atomic mass is 32.1. The Kier molecular flexibility index (Phi) is 8.77. The lowest BCUT2D eigenvalue weighted by Crippen LogP contribution is -2.37. The van der Waals surface area contributed by atoms with E-state index in [-0.39, 0.29) is 11.5 Å². The van der Waals surface area contributed by atoms with E-state index in [9.17, 15) is 14.0 Å². The lowest BCUT2D eigenvalue weighted by atomic mass is 9.97. The van der Waals surface area contributed by atoms with E-state index in [1.165, 1.54) is 33.9 Å². The Bertz CT molecular complexity index is 1180. The molecule has 0 saturated carbocycles. The number of benzene rings is 2. The Labute approximate surface area is 214 Å². The molecule has 1 N–H and O–H groups in total. The molecule has 1 fully saturated rings. The SMILES string of the molecule is CCCCN(C(=O)c1ccccc1F)c1nnc(-c2ccc(CCN3CCC(C(=O)O)CC3)cc2)s1. The molecule has 1 aliphatic heterocycles. The Hall–Kier alpha value is -3.17. The lowest BCUT2D eigenvalue weighted by Gasteiger charge is -2.29. The molecular formula is C27H31FN4O3S. The number of anilines is 1. The van der Waals surface area contributed by atoms with Crippen LogP contribution in [0.15, 0.2) is 48.5 Å². The van der Waals surface area contributed by atoms with Crippen LogP contribution >= 0.6 is 11.3 Å². The summed E-state index contributed by atoms with van der Waals surface area (Å²) in [6, 6.07) is 14.1. The topological polar surface area (TPSA) is 86.6 Å². The highest BCUT2D eigenvalue weighted by Crippen LogP contribution is 2.30. The summed E-state index contributed by atoms with van der Waals surface area (Å²) in [6.45, 7) is 5.03. The molecule has 1 amide bonds. The van der Waals surface area contributed by atoms with Crippen molar-refractivity contribution >= 4 is 28.3 Å². The van der Waals surface area contributed by atoms with Crippen LogP contribution in [0.3, 0.4) is 0 Å². The first-order valence-electron chi connectivity index (χ1n) is 12.4. The Morgan fingerprint density at radius 2 is 1.83 bits per heavy atom. The highest BCUT2D eigenvalue weighted by molar-refractivity contribution is 7.18. The van der Waals surface area contributed by atoms with Gasteiger partial charge in [-0.05, 0) is 56.5 Å². The number of likely N-dealkylation sites (tertiary alicyclic amines) is 1. The minimum atomic E-state index is -0.685. The fourth-order valence-electron chi connectivity index (χ4n) is 4.33. The number of rotatable bonds is 10. The third-order valence-electron chi connectivity index (χ3n) is 6.58. The van der Waals surface area contributed by atoms with Gasteiger partial charge in [0.1, 0.15) is 10.8 Å². The van der Waals surface area contributed by atoms with E-state index in [2.05, 4.69) is 27.2 Å². The van der Waals surface area contributed by atoms with Gasteiger partial charge in [-0.2, -0.15) is 0 Å². The van der Waals surface area contributed by atoms with Gasteiger partial charge in [0.25, 0.3) is 5.91 Å². The average Bonchev–Trinajstić information content (AvgIpc) is 3.38. The van der Waals surface area contributed by atoms with Crippen LogP contribution in [0.5, 0.6) is 0 Å². The zero-order chi connectivity index (χ0) is 25.5. The molecule has 3 aromatic rings. The van der Waals surface area contributed by atoms with Gasteiger partial charge in [-0.1, -0.05) is 61.1 Å². The standard InChI is InChI=1S/C27H31FN4O3S/c1-2-3-15-32(25(33)22-6-4-5-7-23(22)28)27-30-29-24(36-27)20-10-8-19(9-11-20)12-16-31-17-13-21(14-18-31)26(34)35/h4-11,21H,2-3,12-18H2,1H3,(H,34,35). The van der Waals surface area contributed by atoms with Crippen molar-refractivity contribution in [3.05, 3.63) is 65.5 Å². The van der Waals surface area contributed by atoms with E-state index < -0.39 is 17.7 Å². The second-order valence-corrected chi connectivity index (χ2v) is 10.0. The number of halogens is 1. The van der Waals surface area contributed by atoms with Crippen molar-refractivity contribution in [3.8, 4) is 10.6 Å². The number of nitrogens with zero attached hydrogens (tertiary/aromatic N) is 4. The molecule has 36 heavy (non-hydrogen) atoms. The minimum Gasteiger partial charge on any atom is -0.481 e. The molecule has 1 aliphatic rings. The normalized spacial score (nSPS) is 14.6. The van der Waals surface area contributed by atoms with Crippen LogP contribution in [0.25, 0.3) is 10.6 Å². The van der Waals surface area contributed by atoms with Gasteiger partial charge in [0.05, 0.1) is 11.5 Å². The lowest BCUT2D eigenvalue weighted by molar-refractivity contribution is -0.143. The molecular weight excluding hydrogens is 479 g/mol. The van der Waals surface area contributed by atoms with Gasteiger partial charge in [-0.25, -0.2) is 4.39 Å². The van der Waals surface area contributed by atoms with Gasteiger partial charge in [0, 0.05) is 18.7 Å². The first-order valence-corrected chi connectivity index (χ1v) is 13.2. The third kappa shape index (κ3) is 6.33. The van der Waals surface area contributed by atoms with Crippen LogP contribution in [-0.4, -0.2) is 58.3 Å². The summed E-state index contributed by atoms with van der Waals surface area (Å²) in [5.74, 6) is -1.85. The number of aromatic nitrogens is 2. The summed E-state index contributed by atoms with van der Waals surface area (Å²) in [7, 11) is 0. The van der Waals surface area contributed by atoms with Gasteiger partial charge in [-0.3, -0.25) is 14.5 Å². The maximum absolute atomic E-state index is 14.3. The molecule has 0 aliphatic carbocycles. The quantitative estimate of drug-likeness (QED) is 0.407. The van der Waals surface area contributed by atoms with Crippen molar-refractivity contribution < 1.29 is 19.1 Å². The number of amides is 1. The van der Waals surface area contributed by atoms with Crippen LogP contribution in [-0.2, 0) is 11.2 Å². The molecule has 0 atom stereocenters. The zero-order valence-electron chi connectivity index (χ0n) is 20.4. The Morgan fingerprint density at radius 3 is 2.50 bits per heavy atom. The molecule has 1 saturated heterocycles. The minimum absolute atomic E-state index is 0.0295. The number of hydrogen-bond donors (Lipinski definition) is 1. The molecule has 9 heteroatoms. The van der Waals surface area contributed by atoms with Crippen molar-refractivity contribution in [3.63, 3.8) is 0 Å². The number of hydrogen-bond acceptors (Lipinski definition) is 6. The summed E-state index contributed by atoms with van der Waals surface area (Å²) in [4.78, 5) is 28.1. The predicted octanol–water partition coefficient (Wildman–Crippen LogP) is 5.13. The molecule has 2 heterocycles. The van der Waals surface area contributed by atoms with Crippen LogP contribution in [0, 0.1) is 11.7 Å². The van der Waals surface area contributed by atoms with E-state index in [1.54, 1.807) is 12.1 Å². The smallest absolute Gasteiger partial charge is 0.306 e. The molecule has 4 rings (SSSR count). The summed E-state index contributed by atoms with van der Waals surface area (Å²) >= 11 is 1.32. The first-order chi connectivity index (χ1) is 17.5. The number of aliphatic carboxylic acids is 1. The van der Waals surface area contributed by atoms with Crippen LogP contribution < -0.4 is 4.90 Å². The fraction of sp³-hybridized carbons (Fsp3) is 0.407. The van der Waals surface area contributed by atoms with Crippen LogP contribution in [0.1, 0.15) is 48.5 Å². The van der Waals surface area contributed by atoms with Crippen LogP contribution in [0.2, 0.25) is 0 Å². The van der Waals surface area contributed by atoms with Gasteiger partial charge in [0.15, 0.2) is 0 Å². The molecule has 1 aromatic heterocycles. The van der Waals surface area contributed by atoms with Gasteiger partial charge in [0.2, 0.25) is 5.13 Å². The number of unbranched alkanes of at least 4 members (excludes halogenated alkanes) is 1. The molecule has 0 radical (unpaired) electrons. The maximum atomic E-state index is 14.3. The summed E-state index contributed by atoms with van der Waals surface area (Å²) in [5.41, 5.74) is 2.14. The Balaban J connectivity index is 1.40. The molecule has 2 aromatic carbocycles. The van der Waals surface area contributed by atoms with Gasteiger partial charge >= 0.3 is 5.97 Å². The maximum Gasteiger partial charge on any atom is 0.306 e. The Morgan fingerprint density at radius 1 is 1.11 bits per heavy atom. The summed E-state index contributed by atoms with van der Waals surface area (Å²) in [5, 5.41) is 18.9. The number of carbonyl (C=O) groups excluding carboxylic acids is 1. The van der Waals surface area contributed by atoms with Gasteiger partial charge < -0.3 is 10.0 Å². The van der Waals surface area contributed by atoms with E-state index >= 15 is 0 Å². The number of piperidine rings is 1. The van der Waals surface area contributed by atoms with Crippen molar-refractivity contribution in [1.82, 2.24) is 15.1 Å². The molecule has 0 spiro atoms. The zero-order valence-corrected chi connectivity index (χ0v) is 21.2. The van der Waals surface area contributed by atoms with E-state index in [1.807, 2.05) is 19.1 Å². The number of carboxylic acids is 1. The third-order valence-corrected chi connectivity index (χ3v) is 7.58. The highest BCUT2D eigenvalue weighted by Gasteiger charge is 2.25. The van der Waals surface area contributed by atoms with E-state index in [0.29, 0.717) is 29.5 Å². The van der Waals surface area contributed by atoms with Crippen molar-refractivity contribution in [2.24, 2.45) is 5.92 Å². The molecule has 0 unspecified atom stereocenters. The van der Waals surface area contributed by atoms with E-state index in [4.69, 9.17) is 5.11 Å². The average molecular weight is 511 g/mol. The summed E-state index contributed by atoms with van der Waals surface area (Å²) in [6.07, 6.45) is 3.98. The van der Waals surface area contributed by atoms with Crippen LogP contribution in [0.4, 0.5) is 9.52 Å². The molecule has 0 bridgehead atoms. The number of carboxylic acid groups (broad SMARTS) is 1. The predicted molar refractivity (Wildman–Crippen MR) is 139 cm³/mol. The van der Waals surface area contributed by atoms with Crippen molar-refractivity contribution in [2.45, 2.75) is 39.0 Å². The van der Waals surface area contributed by atoms with Crippen molar-refractivity contribution in [1.29, 1.82) is 0 Å².